The predicted molar refractivity (Wildman–Crippen MR) is 115 cm³/mol. The highest BCUT2D eigenvalue weighted by molar-refractivity contribution is 7.99. The molecular formula is C19H14N6O3S2. The Balaban J connectivity index is 1.62. The molecule has 0 fully saturated rings. The third-order valence-electron chi connectivity index (χ3n) is 4.00. The largest absolute Gasteiger partial charge is 0.301 e. The summed E-state index contributed by atoms with van der Waals surface area (Å²) in [5, 5.41) is 25.0. The lowest BCUT2D eigenvalue weighted by Crippen LogP contribution is -2.14. The molecule has 1 N–H and O–H groups in total. The van der Waals surface area contributed by atoms with Crippen LogP contribution in [0.2, 0.25) is 0 Å². The zero-order chi connectivity index (χ0) is 20.9. The van der Waals surface area contributed by atoms with Crippen molar-refractivity contribution < 1.29 is 9.72 Å². The topological polar surface area (TPSA) is 116 Å². The van der Waals surface area contributed by atoms with Gasteiger partial charge in [0.2, 0.25) is 5.91 Å². The molecule has 0 spiro atoms. The maximum atomic E-state index is 12.2. The number of benzene rings is 2. The van der Waals surface area contributed by atoms with Gasteiger partial charge < -0.3 is 5.32 Å². The molecule has 0 aliphatic heterocycles. The zero-order valence-corrected chi connectivity index (χ0v) is 17.0. The number of hydrogen-bond acceptors (Lipinski definition) is 8. The first-order valence-corrected chi connectivity index (χ1v) is 10.6. The van der Waals surface area contributed by atoms with Gasteiger partial charge in [-0.15, -0.1) is 21.5 Å². The van der Waals surface area contributed by atoms with E-state index in [1.54, 1.807) is 23.7 Å². The highest BCUT2D eigenvalue weighted by Crippen LogP contribution is 2.29. The first-order chi connectivity index (χ1) is 14.6. The smallest absolute Gasteiger partial charge is 0.269 e. The van der Waals surface area contributed by atoms with E-state index >= 15 is 0 Å². The maximum absolute atomic E-state index is 12.2. The number of aromatic nitrogens is 4. The maximum Gasteiger partial charge on any atom is 0.269 e. The van der Waals surface area contributed by atoms with Crippen LogP contribution < -0.4 is 5.32 Å². The van der Waals surface area contributed by atoms with E-state index in [1.165, 1.54) is 35.2 Å². The van der Waals surface area contributed by atoms with Crippen LogP contribution in [0.25, 0.3) is 17.1 Å². The lowest BCUT2D eigenvalue weighted by molar-refractivity contribution is -0.384. The van der Waals surface area contributed by atoms with Crippen LogP contribution in [0.15, 0.2) is 71.3 Å². The van der Waals surface area contributed by atoms with Gasteiger partial charge in [0.15, 0.2) is 16.1 Å². The summed E-state index contributed by atoms with van der Waals surface area (Å²) in [5.74, 6) is 0.457. The number of hydrogen-bond donors (Lipinski definition) is 1. The Labute approximate surface area is 179 Å². The fraction of sp³-hybridized carbons (Fsp3) is 0.0526. The summed E-state index contributed by atoms with van der Waals surface area (Å²) in [5.41, 5.74) is 1.49. The number of thiazole rings is 1. The van der Waals surface area contributed by atoms with Gasteiger partial charge in [-0.25, -0.2) is 4.98 Å². The molecule has 0 unspecified atom stereocenters. The third-order valence-corrected chi connectivity index (χ3v) is 5.61. The molecule has 30 heavy (non-hydrogen) atoms. The number of nitrogens with one attached hydrogen (secondary N) is 1. The van der Waals surface area contributed by atoms with Crippen molar-refractivity contribution in [2.75, 3.05) is 11.1 Å². The first-order valence-electron chi connectivity index (χ1n) is 8.69. The van der Waals surface area contributed by atoms with E-state index < -0.39 is 4.92 Å². The van der Waals surface area contributed by atoms with Crippen molar-refractivity contribution in [3.8, 4) is 17.1 Å². The number of carbonyl (C=O) groups excluding carboxylic acids is 1. The number of nitro benzene ring substituents is 1. The second kappa shape index (κ2) is 8.84. The van der Waals surface area contributed by atoms with Crippen LogP contribution in [-0.2, 0) is 4.79 Å². The van der Waals surface area contributed by atoms with Gasteiger partial charge in [-0.1, -0.05) is 30.0 Å². The highest BCUT2D eigenvalue weighted by atomic mass is 32.2. The number of thioether (sulfide) groups is 1. The second-order valence-electron chi connectivity index (χ2n) is 5.96. The molecule has 4 rings (SSSR count). The number of non-ortho nitro benzene ring substituents is 1. The molecule has 0 aliphatic rings. The number of nitrogens with zero attached hydrogens (tertiary/aromatic N) is 5. The van der Waals surface area contributed by atoms with Crippen LogP contribution in [-0.4, -0.2) is 36.3 Å². The van der Waals surface area contributed by atoms with Gasteiger partial charge in [0.25, 0.3) is 5.69 Å². The number of para-hydroxylation sites is 1. The normalized spacial score (nSPS) is 10.7. The lowest BCUT2D eigenvalue weighted by atomic mass is 10.2. The number of nitro groups is 1. The Morgan fingerprint density at radius 3 is 2.57 bits per heavy atom. The summed E-state index contributed by atoms with van der Waals surface area (Å²) in [4.78, 5) is 26.7. The minimum absolute atomic E-state index is 0.00187. The predicted octanol–water partition coefficient (Wildman–Crippen LogP) is 4.03. The van der Waals surface area contributed by atoms with Crippen LogP contribution in [0.5, 0.6) is 0 Å². The Morgan fingerprint density at radius 1 is 1.13 bits per heavy atom. The molecule has 4 aromatic rings. The molecular weight excluding hydrogens is 424 g/mol. The summed E-state index contributed by atoms with van der Waals surface area (Å²) in [6.45, 7) is 0. The van der Waals surface area contributed by atoms with Crippen molar-refractivity contribution in [1.29, 1.82) is 0 Å². The average molecular weight is 438 g/mol. The van der Waals surface area contributed by atoms with Gasteiger partial charge in [-0.2, -0.15) is 0 Å². The first kappa shape index (κ1) is 19.7. The summed E-state index contributed by atoms with van der Waals surface area (Å²) >= 11 is 2.59. The van der Waals surface area contributed by atoms with Crippen molar-refractivity contribution in [2.24, 2.45) is 0 Å². The van der Waals surface area contributed by atoms with Crippen LogP contribution in [0.4, 0.5) is 10.8 Å². The monoisotopic (exact) mass is 438 g/mol. The van der Waals surface area contributed by atoms with Crippen molar-refractivity contribution >= 4 is 39.8 Å². The van der Waals surface area contributed by atoms with Gasteiger partial charge in [-0.05, 0) is 24.3 Å². The van der Waals surface area contributed by atoms with Gasteiger partial charge in [0.1, 0.15) is 0 Å². The zero-order valence-electron chi connectivity index (χ0n) is 15.3. The molecule has 0 radical (unpaired) electrons. The number of carbonyl (C=O) groups is 1. The number of rotatable bonds is 7. The molecule has 11 heteroatoms. The molecule has 2 aromatic heterocycles. The van der Waals surface area contributed by atoms with Gasteiger partial charge in [0.05, 0.1) is 10.7 Å². The SMILES string of the molecule is O=C(CSc1nnc(-c2ccc([N+](=O)[O-])cc2)n1-c1ccccc1)Nc1nccs1. The summed E-state index contributed by atoms with van der Waals surface area (Å²) in [6, 6.07) is 15.6. The molecule has 0 saturated carbocycles. The quantitative estimate of drug-likeness (QED) is 0.263. The fourth-order valence-electron chi connectivity index (χ4n) is 2.66. The van der Waals surface area contributed by atoms with E-state index in [-0.39, 0.29) is 17.3 Å². The van der Waals surface area contributed by atoms with Crippen molar-refractivity contribution in [1.82, 2.24) is 19.7 Å². The Morgan fingerprint density at radius 2 is 1.90 bits per heavy atom. The summed E-state index contributed by atoms with van der Waals surface area (Å²) in [7, 11) is 0. The van der Waals surface area contributed by atoms with E-state index in [1.807, 2.05) is 34.9 Å². The van der Waals surface area contributed by atoms with E-state index in [2.05, 4.69) is 20.5 Å². The second-order valence-corrected chi connectivity index (χ2v) is 7.79. The molecule has 2 aromatic carbocycles. The Bertz CT molecular complexity index is 1160. The molecule has 0 bridgehead atoms. The fourth-order valence-corrected chi connectivity index (χ4v) is 3.96. The van der Waals surface area contributed by atoms with E-state index in [0.29, 0.717) is 21.7 Å². The average Bonchev–Trinajstić information content (AvgIpc) is 3.42. The summed E-state index contributed by atoms with van der Waals surface area (Å²) in [6.07, 6.45) is 1.62. The summed E-state index contributed by atoms with van der Waals surface area (Å²) < 4.78 is 1.82. The minimum atomic E-state index is -0.450. The van der Waals surface area contributed by atoms with E-state index in [0.717, 1.165) is 5.69 Å². The van der Waals surface area contributed by atoms with E-state index in [9.17, 15) is 14.9 Å². The number of anilines is 1. The van der Waals surface area contributed by atoms with Crippen LogP contribution in [0.1, 0.15) is 0 Å². The van der Waals surface area contributed by atoms with Crippen LogP contribution >= 0.6 is 23.1 Å². The van der Waals surface area contributed by atoms with Gasteiger partial charge >= 0.3 is 0 Å². The molecule has 0 atom stereocenters. The van der Waals surface area contributed by atoms with Crippen LogP contribution in [0, 0.1) is 10.1 Å². The lowest BCUT2D eigenvalue weighted by Gasteiger charge is -2.10. The molecule has 9 nitrogen and oxygen atoms in total. The van der Waals surface area contributed by atoms with Crippen molar-refractivity contribution in [3.63, 3.8) is 0 Å². The standard InChI is InChI=1S/C19H14N6O3S2/c26-16(21-18-20-10-11-29-18)12-30-19-23-22-17(24(19)14-4-2-1-3-5-14)13-6-8-15(9-7-13)25(27)28/h1-11H,12H2,(H,20,21,26). The third kappa shape index (κ3) is 4.36. The van der Waals surface area contributed by atoms with Gasteiger partial charge in [0, 0.05) is 35.0 Å². The molecule has 2 heterocycles. The molecule has 1 amide bonds. The van der Waals surface area contributed by atoms with E-state index in [4.69, 9.17) is 0 Å². The molecule has 0 aliphatic carbocycles. The van der Waals surface area contributed by atoms with Crippen molar-refractivity contribution in [3.05, 3.63) is 76.3 Å². The highest BCUT2D eigenvalue weighted by Gasteiger charge is 2.18. The molecule has 150 valence electrons. The van der Waals surface area contributed by atoms with Crippen molar-refractivity contribution in [2.45, 2.75) is 5.16 Å². The Kier molecular flexibility index (Phi) is 5.82. The van der Waals surface area contributed by atoms with Gasteiger partial charge in [-0.3, -0.25) is 19.5 Å². The molecule has 0 saturated heterocycles. The van der Waals surface area contributed by atoms with Crippen LogP contribution in [0.3, 0.4) is 0 Å². The minimum Gasteiger partial charge on any atom is -0.301 e. The Hall–Kier alpha value is -3.57. The number of amides is 1.